The van der Waals surface area contributed by atoms with Crippen LogP contribution in [0.5, 0.6) is 5.75 Å². The number of benzene rings is 1. The molecule has 0 saturated carbocycles. The van der Waals surface area contributed by atoms with Gasteiger partial charge >= 0.3 is 0 Å². The summed E-state index contributed by atoms with van der Waals surface area (Å²) in [5, 5.41) is 0. The molecule has 84 valence electrons. The van der Waals surface area contributed by atoms with E-state index < -0.39 is 0 Å². The molecule has 4 heteroatoms. The fourth-order valence-corrected chi connectivity index (χ4v) is 1.56. The fourth-order valence-electron chi connectivity index (χ4n) is 1.06. The van der Waals surface area contributed by atoms with E-state index in [0.29, 0.717) is 6.61 Å². The van der Waals surface area contributed by atoms with E-state index in [0.717, 1.165) is 18.8 Å². The van der Waals surface area contributed by atoms with Crippen LogP contribution in [0.4, 0.5) is 0 Å². The number of aryl methyl sites for hydroxylation is 1. The smallest absolute Gasteiger partial charge is 0.159 e. The zero-order chi connectivity index (χ0) is 11.1. The van der Waals surface area contributed by atoms with Crippen molar-refractivity contribution >= 4 is 45.2 Å². The van der Waals surface area contributed by atoms with Crippen molar-refractivity contribution < 1.29 is 9.47 Å². The second-order valence-electron chi connectivity index (χ2n) is 3.15. The zero-order valence-electron chi connectivity index (χ0n) is 8.58. The molecule has 0 aliphatic heterocycles. The molecule has 0 aliphatic carbocycles. The Labute approximate surface area is 118 Å². The molecule has 1 rings (SSSR count). The van der Waals surface area contributed by atoms with Gasteiger partial charge in [-0.1, -0.05) is 17.7 Å². The van der Waals surface area contributed by atoms with Crippen LogP contribution in [0.2, 0.25) is 0 Å². The maximum atomic E-state index is 5.56. The highest BCUT2D eigenvalue weighted by Crippen LogP contribution is 2.13. The van der Waals surface area contributed by atoms with Crippen molar-refractivity contribution in [2.75, 3.05) is 13.2 Å². The Morgan fingerprint density at radius 1 is 1.13 bits per heavy atom. The van der Waals surface area contributed by atoms with Gasteiger partial charge in [0.15, 0.2) is 2.12 Å². The Bertz CT molecular complexity index is 272. The predicted molar refractivity (Wildman–Crippen MR) is 79.1 cm³/mol. The molecule has 0 atom stereocenters. The van der Waals surface area contributed by atoms with Gasteiger partial charge in [-0.05, 0) is 64.2 Å². The van der Waals surface area contributed by atoms with E-state index in [4.69, 9.17) is 9.47 Å². The Morgan fingerprint density at radius 2 is 1.80 bits per heavy atom. The average Bonchev–Trinajstić information content (AvgIpc) is 2.20. The van der Waals surface area contributed by atoms with Crippen molar-refractivity contribution in [3.8, 4) is 5.75 Å². The van der Waals surface area contributed by atoms with E-state index in [1.165, 1.54) is 5.56 Å². The Hall–Kier alpha value is 0.440. The molecule has 0 aromatic heterocycles. The molecule has 0 bridgehead atoms. The largest absolute Gasteiger partial charge is 0.494 e. The fraction of sp³-hybridized carbons (Fsp3) is 0.455. The van der Waals surface area contributed by atoms with Crippen molar-refractivity contribution in [3.05, 3.63) is 29.8 Å². The number of rotatable bonds is 6. The minimum atomic E-state index is 0.250. The zero-order valence-corrected chi connectivity index (χ0v) is 12.9. The summed E-state index contributed by atoms with van der Waals surface area (Å²) >= 11 is 4.47. The lowest BCUT2D eigenvalue weighted by molar-refractivity contribution is 0.158. The van der Waals surface area contributed by atoms with Gasteiger partial charge in [-0.3, -0.25) is 0 Å². The third kappa shape index (κ3) is 6.57. The van der Waals surface area contributed by atoms with E-state index in [9.17, 15) is 0 Å². The minimum absolute atomic E-state index is 0.250. The van der Waals surface area contributed by atoms with E-state index in [1.807, 2.05) is 12.1 Å². The van der Waals surface area contributed by atoms with Crippen molar-refractivity contribution in [3.63, 3.8) is 0 Å². The SMILES string of the molecule is Cc1ccc(OCCCOC(I)I)cc1. The van der Waals surface area contributed by atoms with Crippen molar-refractivity contribution in [2.24, 2.45) is 0 Å². The highest BCUT2D eigenvalue weighted by molar-refractivity contribution is 14.2. The molecule has 0 radical (unpaired) electrons. The molecular weight excluding hydrogens is 418 g/mol. The van der Waals surface area contributed by atoms with Gasteiger partial charge in [0, 0.05) is 6.42 Å². The molecule has 0 saturated heterocycles. The molecule has 0 unspecified atom stereocenters. The number of halogens is 2. The second-order valence-corrected chi connectivity index (χ2v) is 7.79. The summed E-state index contributed by atoms with van der Waals surface area (Å²) in [4.78, 5) is 0. The van der Waals surface area contributed by atoms with Crippen LogP contribution in [0.15, 0.2) is 24.3 Å². The van der Waals surface area contributed by atoms with Gasteiger partial charge in [0.05, 0.1) is 13.2 Å². The maximum absolute atomic E-state index is 5.56. The van der Waals surface area contributed by atoms with Crippen LogP contribution in [0.3, 0.4) is 0 Å². The molecule has 0 fully saturated rings. The van der Waals surface area contributed by atoms with Crippen LogP contribution in [-0.2, 0) is 4.74 Å². The monoisotopic (exact) mass is 432 g/mol. The average molecular weight is 432 g/mol. The summed E-state index contributed by atoms with van der Waals surface area (Å²) in [6.45, 7) is 3.53. The number of ether oxygens (including phenoxy) is 2. The summed E-state index contributed by atoms with van der Waals surface area (Å²) in [5.41, 5.74) is 1.25. The van der Waals surface area contributed by atoms with E-state index in [2.05, 4.69) is 64.2 Å². The quantitative estimate of drug-likeness (QED) is 0.386. The van der Waals surface area contributed by atoms with E-state index in [-0.39, 0.29) is 2.12 Å². The Morgan fingerprint density at radius 3 is 2.40 bits per heavy atom. The van der Waals surface area contributed by atoms with Gasteiger partial charge in [0.1, 0.15) is 5.75 Å². The maximum Gasteiger partial charge on any atom is 0.159 e. The molecule has 0 N–H and O–H groups in total. The van der Waals surface area contributed by atoms with Crippen molar-refractivity contribution in [2.45, 2.75) is 15.5 Å². The Kier molecular flexibility index (Phi) is 6.91. The van der Waals surface area contributed by atoms with Gasteiger partial charge in [0.25, 0.3) is 0 Å². The normalized spacial score (nSPS) is 10.7. The lowest BCUT2D eigenvalue weighted by Gasteiger charge is -2.07. The molecule has 2 nitrogen and oxygen atoms in total. The van der Waals surface area contributed by atoms with Crippen molar-refractivity contribution in [1.29, 1.82) is 0 Å². The first-order chi connectivity index (χ1) is 7.18. The first-order valence-electron chi connectivity index (χ1n) is 4.77. The highest BCUT2D eigenvalue weighted by atomic mass is 127. The van der Waals surface area contributed by atoms with Crippen LogP contribution in [0.25, 0.3) is 0 Å². The molecule has 0 aliphatic rings. The third-order valence-electron chi connectivity index (χ3n) is 1.82. The summed E-state index contributed by atoms with van der Waals surface area (Å²) in [6, 6.07) is 8.10. The topological polar surface area (TPSA) is 18.5 Å². The van der Waals surface area contributed by atoms with Crippen LogP contribution in [0.1, 0.15) is 12.0 Å². The minimum Gasteiger partial charge on any atom is -0.494 e. The first-order valence-corrected chi connectivity index (χ1v) is 7.27. The first kappa shape index (κ1) is 13.5. The van der Waals surface area contributed by atoms with Crippen LogP contribution in [0, 0.1) is 6.92 Å². The molecule has 0 spiro atoms. The standard InChI is InChI=1S/C11H14I2O2/c1-9-3-5-10(6-4-9)14-7-2-8-15-11(12)13/h3-6,11H,2,7-8H2,1H3. The van der Waals surface area contributed by atoms with Crippen molar-refractivity contribution in [1.82, 2.24) is 0 Å². The van der Waals surface area contributed by atoms with Gasteiger partial charge < -0.3 is 9.47 Å². The summed E-state index contributed by atoms with van der Waals surface area (Å²) < 4.78 is 11.2. The summed E-state index contributed by atoms with van der Waals surface area (Å²) in [7, 11) is 0. The number of hydrogen-bond donors (Lipinski definition) is 0. The van der Waals surface area contributed by atoms with Gasteiger partial charge in [-0.15, -0.1) is 0 Å². The number of alkyl halides is 2. The second kappa shape index (κ2) is 7.67. The predicted octanol–water partition coefficient (Wildman–Crippen LogP) is 3.93. The van der Waals surface area contributed by atoms with Gasteiger partial charge in [-0.2, -0.15) is 0 Å². The highest BCUT2D eigenvalue weighted by Gasteiger charge is 1.97. The number of hydrogen-bond acceptors (Lipinski definition) is 2. The summed E-state index contributed by atoms with van der Waals surface area (Å²) in [6.07, 6.45) is 0.927. The van der Waals surface area contributed by atoms with E-state index >= 15 is 0 Å². The molecule has 15 heavy (non-hydrogen) atoms. The molecule has 0 amide bonds. The third-order valence-corrected chi connectivity index (χ3v) is 2.54. The van der Waals surface area contributed by atoms with Gasteiger partial charge in [0.2, 0.25) is 0 Å². The lowest BCUT2D eigenvalue weighted by Crippen LogP contribution is -2.04. The summed E-state index contributed by atoms with van der Waals surface area (Å²) in [5.74, 6) is 0.932. The molecular formula is C11H14I2O2. The van der Waals surface area contributed by atoms with E-state index in [1.54, 1.807) is 0 Å². The molecule has 0 heterocycles. The molecule has 1 aromatic rings. The van der Waals surface area contributed by atoms with Crippen LogP contribution < -0.4 is 4.74 Å². The van der Waals surface area contributed by atoms with Crippen LogP contribution >= 0.6 is 45.2 Å². The van der Waals surface area contributed by atoms with Crippen LogP contribution in [-0.4, -0.2) is 15.3 Å². The van der Waals surface area contributed by atoms with Gasteiger partial charge in [-0.25, -0.2) is 0 Å². The molecule has 1 aromatic carbocycles. The lowest BCUT2D eigenvalue weighted by atomic mass is 10.2. The Balaban J connectivity index is 2.12.